The van der Waals surface area contributed by atoms with Crippen LogP contribution in [0.25, 0.3) is 0 Å². The van der Waals surface area contributed by atoms with Gasteiger partial charge in [0, 0.05) is 0 Å². The van der Waals surface area contributed by atoms with Crippen molar-refractivity contribution in [1.29, 1.82) is 0 Å². The number of aliphatic hydroxyl groups excluding tert-OH is 1. The Morgan fingerprint density at radius 3 is 2.59 bits per heavy atom. The fourth-order valence-electron chi connectivity index (χ4n) is 4.91. The van der Waals surface area contributed by atoms with Crippen LogP contribution in [0.15, 0.2) is 0 Å². The lowest BCUT2D eigenvalue weighted by atomic mass is 9.76. The van der Waals surface area contributed by atoms with Gasteiger partial charge in [0.05, 0.1) is 17.3 Å². The van der Waals surface area contributed by atoms with Crippen LogP contribution < -0.4 is 0 Å². The zero-order chi connectivity index (χ0) is 12.4. The predicted octanol–water partition coefficient (Wildman–Crippen LogP) is 2.99. The molecule has 6 atom stereocenters. The lowest BCUT2D eigenvalue weighted by Crippen LogP contribution is -2.46. The summed E-state index contributed by atoms with van der Waals surface area (Å²) < 4.78 is 6.58. The Bertz CT molecular complexity index is 325. The van der Waals surface area contributed by atoms with E-state index < -0.39 is 0 Å². The third kappa shape index (κ3) is 1.46. The summed E-state index contributed by atoms with van der Waals surface area (Å²) in [6.45, 7) is 9.02. The molecule has 3 rings (SSSR count). The summed E-state index contributed by atoms with van der Waals surface area (Å²) in [5.41, 5.74) is 0.0308. The number of hydrogen-bond donors (Lipinski definition) is 1. The number of rotatable bonds is 0. The minimum Gasteiger partial charge on any atom is -0.393 e. The predicted molar refractivity (Wildman–Crippen MR) is 67.7 cm³/mol. The van der Waals surface area contributed by atoms with Crippen molar-refractivity contribution in [3.05, 3.63) is 0 Å². The highest BCUT2D eigenvalue weighted by molar-refractivity contribution is 5.11. The van der Waals surface area contributed by atoms with Crippen molar-refractivity contribution in [1.82, 2.24) is 0 Å². The third-order valence-corrected chi connectivity index (χ3v) is 6.14. The maximum absolute atomic E-state index is 10.4. The summed E-state index contributed by atoms with van der Waals surface area (Å²) in [6, 6.07) is 0. The molecule has 2 aliphatic carbocycles. The molecular weight excluding hydrogens is 212 g/mol. The topological polar surface area (TPSA) is 29.5 Å². The highest BCUT2D eigenvalue weighted by Gasteiger charge is 2.63. The van der Waals surface area contributed by atoms with Crippen LogP contribution in [0.1, 0.15) is 53.4 Å². The molecule has 17 heavy (non-hydrogen) atoms. The van der Waals surface area contributed by atoms with Crippen molar-refractivity contribution >= 4 is 0 Å². The van der Waals surface area contributed by atoms with E-state index in [1.165, 1.54) is 19.3 Å². The van der Waals surface area contributed by atoms with Crippen molar-refractivity contribution in [3.8, 4) is 0 Å². The molecule has 3 aliphatic rings. The second-order valence-corrected chi connectivity index (χ2v) is 7.31. The lowest BCUT2D eigenvalue weighted by molar-refractivity contribution is -0.158. The SMILES string of the molecule is CC1CC[C@@H]2[C@@H](C)[C@@H](O)C[C@H]3C[C@]12OC3(C)C. The summed E-state index contributed by atoms with van der Waals surface area (Å²) in [4.78, 5) is 0. The standard InChI is InChI=1S/C15H26O2/c1-9-5-6-12-10(2)13(16)7-11-8-15(9,12)17-14(11,3)4/h9-13,16H,5-8H2,1-4H3/t9?,10-,11+,12-,13+,15+/m1/s1. The molecule has 1 aliphatic heterocycles. The quantitative estimate of drug-likeness (QED) is 0.703. The van der Waals surface area contributed by atoms with E-state index in [-0.39, 0.29) is 17.3 Å². The highest BCUT2D eigenvalue weighted by atomic mass is 16.5. The van der Waals surface area contributed by atoms with E-state index in [0.717, 1.165) is 6.42 Å². The molecule has 3 fully saturated rings. The summed E-state index contributed by atoms with van der Waals surface area (Å²) >= 11 is 0. The summed E-state index contributed by atoms with van der Waals surface area (Å²) in [5.74, 6) is 2.16. The Hall–Kier alpha value is -0.0800. The van der Waals surface area contributed by atoms with E-state index in [0.29, 0.717) is 23.7 Å². The minimum absolute atomic E-state index is 0.0437. The number of fused-ring (bicyclic) bond motifs is 1. The third-order valence-electron chi connectivity index (χ3n) is 6.14. The molecule has 0 aromatic heterocycles. The van der Waals surface area contributed by atoms with Crippen molar-refractivity contribution in [2.45, 2.75) is 70.7 Å². The molecule has 0 radical (unpaired) electrons. The van der Waals surface area contributed by atoms with E-state index in [2.05, 4.69) is 27.7 Å². The van der Waals surface area contributed by atoms with Gasteiger partial charge in [0.1, 0.15) is 0 Å². The van der Waals surface area contributed by atoms with Crippen molar-refractivity contribution < 1.29 is 9.84 Å². The first-order valence-electron chi connectivity index (χ1n) is 7.25. The van der Waals surface area contributed by atoms with Crippen molar-refractivity contribution in [2.24, 2.45) is 23.7 Å². The van der Waals surface area contributed by atoms with Crippen molar-refractivity contribution in [2.75, 3.05) is 0 Å². The maximum atomic E-state index is 10.4. The van der Waals surface area contributed by atoms with Crippen LogP contribution in [-0.2, 0) is 4.74 Å². The Labute approximate surface area is 105 Å². The molecule has 2 bridgehead atoms. The molecule has 1 heterocycles. The Kier molecular flexibility index (Phi) is 2.45. The van der Waals surface area contributed by atoms with Crippen LogP contribution in [0.4, 0.5) is 0 Å². The maximum Gasteiger partial charge on any atom is 0.0750 e. The van der Waals surface area contributed by atoms with Gasteiger partial charge in [-0.25, -0.2) is 0 Å². The number of ether oxygens (including phenoxy) is 1. The minimum atomic E-state index is -0.125. The van der Waals surface area contributed by atoms with Gasteiger partial charge < -0.3 is 9.84 Å². The molecule has 0 aromatic rings. The largest absolute Gasteiger partial charge is 0.393 e. The molecule has 1 saturated heterocycles. The molecule has 1 N–H and O–H groups in total. The zero-order valence-electron chi connectivity index (χ0n) is 11.6. The van der Waals surface area contributed by atoms with E-state index >= 15 is 0 Å². The number of aliphatic hydroxyl groups is 1. The molecule has 0 aromatic carbocycles. The highest BCUT2D eigenvalue weighted by Crippen LogP contribution is 2.61. The van der Waals surface area contributed by atoms with Gasteiger partial charge in [-0.3, -0.25) is 0 Å². The van der Waals surface area contributed by atoms with Gasteiger partial charge in [-0.05, 0) is 63.2 Å². The second-order valence-electron chi connectivity index (χ2n) is 7.31. The first kappa shape index (κ1) is 12.0. The van der Waals surface area contributed by atoms with Crippen LogP contribution in [0.3, 0.4) is 0 Å². The van der Waals surface area contributed by atoms with Gasteiger partial charge in [0.15, 0.2) is 0 Å². The van der Waals surface area contributed by atoms with E-state index in [1.807, 2.05) is 0 Å². The summed E-state index contributed by atoms with van der Waals surface area (Å²) in [7, 11) is 0. The molecule has 0 amide bonds. The fraction of sp³-hybridized carbons (Fsp3) is 1.00. The normalized spacial score (nSPS) is 56.6. The van der Waals surface area contributed by atoms with E-state index in [9.17, 15) is 5.11 Å². The molecule has 98 valence electrons. The van der Waals surface area contributed by atoms with Gasteiger partial charge in [-0.2, -0.15) is 0 Å². The van der Waals surface area contributed by atoms with Gasteiger partial charge in [0.25, 0.3) is 0 Å². The second kappa shape index (κ2) is 3.48. The first-order valence-corrected chi connectivity index (χ1v) is 7.25. The average Bonchev–Trinajstić information content (AvgIpc) is 2.63. The Morgan fingerprint density at radius 2 is 1.88 bits per heavy atom. The average molecular weight is 238 g/mol. The van der Waals surface area contributed by atoms with Gasteiger partial charge in [-0.1, -0.05) is 13.8 Å². The van der Waals surface area contributed by atoms with Gasteiger partial charge >= 0.3 is 0 Å². The Morgan fingerprint density at radius 1 is 1.18 bits per heavy atom. The Balaban J connectivity index is 2.03. The fourth-order valence-corrected chi connectivity index (χ4v) is 4.91. The molecule has 2 nitrogen and oxygen atoms in total. The monoisotopic (exact) mass is 238 g/mol. The van der Waals surface area contributed by atoms with Gasteiger partial charge in [0.2, 0.25) is 0 Å². The molecular formula is C15H26O2. The smallest absolute Gasteiger partial charge is 0.0750 e. The van der Waals surface area contributed by atoms with E-state index in [4.69, 9.17) is 4.74 Å². The molecule has 1 spiro atoms. The summed E-state index contributed by atoms with van der Waals surface area (Å²) in [5, 5.41) is 10.4. The lowest BCUT2D eigenvalue weighted by Gasteiger charge is -2.42. The van der Waals surface area contributed by atoms with Crippen LogP contribution >= 0.6 is 0 Å². The van der Waals surface area contributed by atoms with Crippen LogP contribution in [-0.4, -0.2) is 22.4 Å². The van der Waals surface area contributed by atoms with E-state index in [1.54, 1.807) is 0 Å². The van der Waals surface area contributed by atoms with Crippen molar-refractivity contribution in [3.63, 3.8) is 0 Å². The van der Waals surface area contributed by atoms with Crippen LogP contribution in [0.5, 0.6) is 0 Å². The van der Waals surface area contributed by atoms with Gasteiger partial charge in [-0.15, -0.1) is 0 Å². The number of hydrogen-bond acceptors (Lipinski definition) is 2. The van der Waals surface area contributed by atoms with Crippen LogP contribution in [0.2, 0.25) is 0 Å². The van der Waals surface area contributed by atoms with Crippen LogP contribution in [0, 0.1) is 23.7 Å². The molecule has 1 unspecified atom stereocenters. The first-order chi connectivity index (χ1) is 7.87. The summed E-state index contributed by atoms with van der Waals surface area (Å²) in [6.07, 6.45) is 4.49. The molecule has 2 saturated carbocycles. The zero-order valence-corrected chi connectivity index (χ0v) is 11.6. The molecule has 2 heteroatoms.